The van der Waals surface area contributed by atoms with Crippen molar-refractivity contribution in [2.75, 3.05) is 25.6 Å². The maximum atomic E-state index is 13.6. The topological polar surface area (TPSA) is 130 Å². The number of nitrogens with zero attached hydrogens (tertiary/aromatic N) is 5. The maximum Gasteiger partial charge on any atom is 0.282 e. The molecule has 6 rings (SSSR count). The molecule has 5 aromatic rings. The molecule has 0 saturated carbocycles. The van der Waals surface area contributed by atoms with Gasteiger partial charge in [0.25, 0.3) is 5.91 Å². The van der Waals surface area contributed by atoms with Crippen LogP contribution in [0.1, 0.15) is 29.4 Å². The van der Waals surface area contributed by atoms with Gasteiger partial charge in [0.15, 0.2) is 11.4 Å². The molecular weight excluding hydrogens is 670 g/mol. The summed E-state index contributed by atoms with van der Waals surface area (Å²) < 4.78 is 33.0. The molecule has 4 heterocycles. The van der Waals surface area contributed by atoms with E-state index in [2.05, 4.69) is 48.0 Å². The molecule has 13 heteroatoms. The van der Waals surface area contributed by atoms with E-state index in [4.69, 9.17) is 14.2 Å². The summed E-state index contributed by atoms with van der Waals surface area (Å²) in [6.07, 6.45) is 7.38. The fourth-order valence-corrected chi connectivity index (χ4v) is 5.39. The predicted octanol–water partition coefficient (Wildman–Crippen LogP) is 5.40. The van der Waals surface area contributed by atoms with Gasteiger partial charge in [-0.05, 0) is 71.3 Å². The highest BCUT2D eigenvalue weighted by atomic mass is 127. The third kappa shape index (κ3) is 6.17. The molecule has 0 radical (unpaired) electrons. The van der Waals surface area contributed by atoms with Crippen LogP contribution >= 0.6 is 22.6 Å². The quantitative estimate of drug-likeness (QED) is 0.223. The zero-order valence-electron chi connectivity index (χ0n) is 22.8. The first-order chi connectivity index (χ1) is 20.9. The normalized spacial score (nSPS) is 13.6. The van der Waals surface area contributed by atoms with E-state index in [9.17, 15) is 14.0 Å². The number of methoxy groups -OCH3 is 1. The first kappa shape index (κ1) is 28.6. The number of fused-ring (bicyclic) bond motifs is 1. The van der Waals surface area contributed by atoms with Gasteiger partial charge < -0.3 is 14.2 Å². The lowest BCUT2D eigenvalue weighted by molar-refractivity contribution is 0.0655. The van der Waals surface area contributed by atoms with Crippen molar-refractivity contribution in [2.45, 2.75) is 18.9 Å². The van der Waals surface area contributed by atoms with E-state index in [1.54, 1.807) is 30.3 Å². The van der Waals surface area contributed by atoms with Crippen molar-refractivity contribution in [1.29, 1.82) is 0 Å². The molecule has 0 unspecified atom stereocenters. The van der Waals surface area contributed by atoms with Crippen LogP contribution in [0.2, 0.25) is 0 Å². The molecule has 0 spiro atoms. The number of halogens is 2. The highest BCUT2D eigenvalue weighted by Gasteiger charge is 2.23. The number of rotatable bonds is 7. The van der Waals surface area contributed by atoms with Gasteiger partial charge in [-0.25, -0.2) is 14.4 Å². The van der Waals surface area contributed by atoms with E-state index in [-0.39, 0.29) is 23.2 Å². The molecule has 218 valence electrons. The van der Waals surface area contributed by atoms with Crippen LogP contribution in [0.25, 0.3) is 22.0 Å². The second-order valence-corrected chi connectivity index (χ2v) is 10.8. The lowest BCUT2D eigenvalue weighted by Crippen LogP contribution is -2.31. The summed E-state index contributed by atoms with van der Waals surface area (Å²) in [5.74, 6) is 0.284. The lowest BCUT2D eigenvalue weighted by atomic mass is 10.1. The van der Waals surface area contributed by atoms with Gasteiger partial charge in [0.1, 0.15) is 17.3 Å². The Labute approximate surface area is 258 Å². The summed E-state index contributed by atoms with van der Waals surface area (Å²) >= 11 is 2.18. The number of carbonyl (C=O) groups is 1. The van der Waals surface area contributed by atoms with Gasteiger partial charge in [0.05, 0.1) is 34.6 Å². The summed E-state index contributed by atoms with van der Waals surface area (Å²) in [6, 6.07) is 10.9. The van der Waals surface area contributed by atoms with Crippen molar-refractivity contribution < 1.29 is 23.4 Å². The van der Waals surface area contributed by atoms with Crippen LogP contribution in [-0.2, 0) is 4.74 Å². The van der Waals surface area contributed by atoms with Crippen LogP contribution in [-0.4, -0.2) is 51.0 Å². The maximum absolute atomic E-state index is 13.6. The highest BCUT2D eigenvalue weighted by Crippen LogP contribution is 2.33. The van der Waals surface area contributed by atoms with Gasteiger partial charge in [-0.2, -0.15) is 5.10 Å². The molecule has 0 bridgehead atoms. The van der Waals surface area contributed by atoms with Crippen LogP contribution in [0.4, 0.5) is 10.3 Å². The number of aromatic nitrogens is 5. The number of benzene rings is 2. The summed E-state index contributed by atoms with van der Waals surface area (Å²) in [7, 11) is 1.59. The van der Waals surface area contributed by atoms with Crippen molar-refractivity contribution in [3.63, 3.8) is 0 Å². The van der Waals surface area contributed by atoms with Crippen molar-refractivity contribution >= 4 is 45.3 Å². The SMILES string of the molecule is COc1cc2c(Oc3cnc(NC(=O)c4nn(C5CCOCC5)cc(-c5ccc(F)cc5)c4=O)nc3)ccnc2cc1I. The Hall–Kier alpha value is -4.50. The summed E-state index contributed by atoms with van der Waals surface area (Å²) in [5, 5.41) is 7.68. The van der Waals surface area contributed by atoms with Gasteiger partial charge in [0, 0.05) is 36.6 Å². The Morgan fingerprint density at radius 2 is 1.81 bits per heavy atom. The summed E-state index contributed by atoms with van der Waals surface area (Å²) in [6.45, 7) is 1.08. The summed E-state index contributed by atoms with van der Waals surface area (Å²) in [4.78, 5) is 39.5. The zero-order chi connectivity index (χ0) is 29.9. The number of anilines is 1. The first-order valence-electron chi connectivity index (χ1n) is 13.3. The fraction of sp³-hybridized carbons (Fsp3) is 0.200. The van der Waals surface area contributed by atoms with Gasteiger partial charge in [-0.15, -0.1) is 0 Å². The number of carbonyl (C=O) groups excluding carboxylic acids is 1. The first-order valence-corrected chi connectivity index (χ1v) is 14.4. The minimum Gasteiger partial charge on any atom is -0.496 e. The minimum absolute atomic E-state index is 0.0424. The molecule has 1 aliphatic rings. The van der Waals surface area contributed by atoms with Crippen LogP contribution < -0.4 is 20.2 Å². The average Bonchev–Trinajstić information content (AvgIpc) is 3.03. The standard InChI is InChI=1S/C30H24FIN6O5/c1-41-26-12-21-24(13-23(26)32)33-9-6-25(21)43-20-14-34-30(35-15-20)36-29(40)27-28(39)22(17-2-4-18(31)5-3-17)16-38(37-27)19-7-10-42-11-8-19/h2-6,9,12-16,19H,7-8,10-11H2,1H3,(H,34,35,36,40). The van der Waals surface area contributed by atoms with Crippen molar-refractivity contribution in [2.24, 2.45) is 0 Å². The minimum atomic E-state index is -0.773. The molecule has 1 aliphatic heterocycles. The molecule has 0 atom stereocenters. The van der Waals surface area contributed by atoms with Crippen molar-refractivity contribution in [1.82, 2.24) is 24.7 Å². The average molecular weight is 694 g/mol. The highest BCUT2D eigenvalue weighted by molar-refractivity contribution is 14.1. The Morgan fingerprint density at radius 3 is 2.53 bits per heavy atom. The molecule has 1 fully saturated rings. The number of hydrogen-bond acceptors (Lipinski definition) is 9. The molecule has 0 aliphatic carbocycles. The van der Waals surface area contributed by atoms with Gasteiger partial charge in [-0.3, -0.25) is 24.6 Å². The zero-order valence-corrected chi connectivity index (χ0v) is 24.9. The van der Waals surface area contributed by atoms with Crippen molar-refractivity contribution in [3.8, 4) is 28.4 Å². The Kier molecular flexibility index (Phi) is 8.24. The van der Waals surface area contributed by atoms with E-state index >= 15 is 0 Å². The smallest absolute Gasteiger partial charge is 0.282 e. The van der Waals surface area contributed by atoms with Gasteiger partial charge >= 0.3 is 0 Å². The molecule has 1 N–H and O–H groups in total. The fourth-order valence-electron chi connectivity index (χ4n) is 4.72. The Morgan fingerprint density at radius 1 is 1.07 bits per heavy atom. The van der Waals surface area contributed by atoms with E-state index in [1.807, 2.05) is 12.1 Å². The molecule has 1 amide bonds. The molecule has 43 heavy (non-hydrogen) atoms. The van der Waals surface area contributed by atoms with Crippen LogP contribution in [0.15, 0.2) is 72.0 Å². The largest absolute Gasteiger partial charge is 0.496 e. The van der Waals surface area contributed by atoms with Crippen LogP contribution in [0, 0.1) is 9.39 Å². The lowest BCUT2D eigenvalue weighted by Gasteiger charge is -2.24. The van der Waals surface area contributed by atoms with Gasteiger partial charge in [0.2, 0.25) is 11.4 Å². The van der Waals surface area contributed by atoms with Crippen LogP contribution in [0.5, 0.6) is 17.2 Å². The number of nitrogens with one attached hydrogen (secondary N) is 1. The van der Waals surface area contributed by atoms with E-state index in [0.29, 0.717) is 48.9 Å². The summed E-state index contributed by atoms with van der Waals surface area (Å²) in [5.41, 5.74) is 0.505. The van der Waals surface area contributed by atoms with E-state index in [1.165, 1.54) is 36.7 Å². The molecular formula is C30H24FIN6O5. The van der Waals surface area contributed by atoms with E-state index < -0.39 is 17.2 Å². The third-order valence-corrected chi connectivity index (χ3v) is 7.77. The Bertz CT molecular complexity index is 1860. The number of ether oxygens (including phenoxy) is 3. The predicted molar refractivity (Wildman–Crippen MR) is 164 cm³/mol. The number of hydrogen-bond donors (Lipinski definition) is 1. The second-order valence-electron chi connectivity index (χ2n) is 9.66. The van der Waals surface area contributed by atoms with Crippen LogP contribution in [0.3, 0.4) is 0 Å². The van der Waals surface area contributed by atoms with E-state index in [0.717, 1.165) is 14.5 Å². The number of pyridine rings is 1. The third-order valence-electron chi connectivity index (χ3n) is 6.93. The Balaban J connectivity index is 1.26. The van der Waals surface area contributed by atoms with Gasteiger partial charge in [-0.1, -0.05) is 12.1 Å². The monoisotopic (exact) mass is 694 g/mol. The number of amides is 1. The van der Waals surface area contributed by atoms with Crippen molar-refractivity contribution in [3.05, 3.63) is 92.6 Å². The molecule has 11 nitrogen and oxygen atoms in total. The second kappa shape index (κ2) is 12.4. The molecule has 1 saturated heterocycles. The molecule has 2 aromatic carbocycles. The molecule has 3 aromatic heterocycles.